The molecule has 20 nitrogen and oxygen atoms in total. The SMILES string of the molecule is CC(C)(C)OC(=O)N1CCC(Br)CC1.CC(C)(C)OC(=O)N1CCC(n2nc(-c3cnc4c(n3)c(C=O)cn4COCC[Si](C)(C)C)c3ccc(F)cc32)CC1.C[Si](C)(C)CCOCn1cc(C=O)c2nc(-c3n[nH]c4cc(F)ccc34)cnc21. The molecule has 2 aliphatic rings. The Morgan fingerprint density at radius 1 is 0.671 bits per heavy atom. The summed E-state index contributed by atoms with van der Waals surface area (Å²) >= 11 is 3.55. The van der Waals surface area contributed by atoms with Crippen molar-refractivity contribution in [1.82, 2.24) is 58.8 Å². The topological polar surface area (TPSA) is 220 Å². The zero-order valence-electron chi connectivity index (χ0n) is 50.8. The van der Waals surface area contributed by atoms with Crippen LogP contribution in [-0.2, 0) is 32.4 Å². The third-order valence-corrected chi connectivity index (χ3v) is 18.4. The highest BCUT2D eigenvalue weighted by Gasteiger charge is 2.31. The number of piperidine rings is 2. The summed E-state index contributed by atoms with van der Waals surface area (Å²) in [7, 11) is -2.39. The van der Waals surface area contributed by atoms with E-state index in [1.807, 2.05) is 46.2 Å². The van der Waals surface area contributed by atoms with Gasteiger partial charge in [-0.15, -0.1) is 0 Å². The van der Waals surface area contributed by atoms with E-state index in [0.29, 0.717) is 118 Å². The van der Waals surface area contributed by atoms with Gasteiger partial charge in [-0.3, -0.25) is 19.4 Å². The van der Waals surface area contributed by atoms with Gasteiger partial charge < -0.3 is 37.9 Å². The molecule has 6 aromatic heterocycles. The number of halogens is 3. The van der Waals surface area contributed by atoms with Crippen molar-refractivity contribution in [2.75, 3.05) is 39.4 Å². The Balaban J connectivity index is 0.000000188. The first kappa shape index (κ1) is 64.2. The van der Waals surface area contributed by atoms with Crippen molar-refractivity contribution in [1.29, 1.82) is 0 Å². The van der Waals surface area contributed by atoms with Crippen molar-refractivity contribution in [3.63, 3.8) is 0 Å². The molecule has 0 bridgehead atoms. The van der Waals surface area contributed by atoms with Crippen LogP contribution in [0.5, 0.6) is 0 Å². The minimum absolute atomic E-state index is 0.0432. The molecule has 8 heterocycles. The molecular formula is C60H79BrF2N12O8Si2. The summed E-state index contributed by atoms with van der Waals surface area (Å²) in [6.07, 6.45) is 11.0. The molecule has 25 heteroatoms. The second kappa shape index (κ2) is 26.8. The number of carbonyl (C=O) groups excluding carboxylic acids is 4. The first-order chi connectivity index (χ1) is 40.1. The van der Waals surface area contributed by atoms with Gasteiger partial charge in [-0.1, -0.05) is 55.2 Å². The fourth-order valence-corrected chi connectivity index (χ4v) is 11.5. The monoisotopic (exact) mass is 1270 g/mol. The molecule has 456 valence electrons. The molecule has 0 atom stereocenters. The predicted octanol–water partition coefficient (Wildman–Crippen LogP) is 13.3. The third-order valence-electron chi connectivity index (χ3n) is 14.1. The molecule has 10 rings (SSSR count). The van der Waals surface area contributed by atoms with Crippen LogP contribution >= 0.6 is 15.9 Å². The highest BCUT2D eigenvalue weighted by atomic mass is 79.9. The fraction of sp³-hybridized carbons (Fsp3) is 0.500. The maximum atomic E-state index is 14.4. The van der Waals surface area contributed by atoms with E-state index in [4.69, 9.17) is 29.0 Å². The van der Waals surface area contributed by atoms with Gasteiger partial charge in [-0.05, 0) is 116 Å². The minimum Gasteiger partial charge on any atom is -0.444 e. The smallest absolute Gasteiger partial charge is 0.410 e. The molecule has 2 aliphatic heterocycles. The fourth-order valence-electron chi connectivity index (χ4n) is 9.57. The first-order valence-corrected chi connectivity index (χ1v) is 37.1. The molecule has 0 saturated carbocycles. The molecule has 2 aromatic carbocycles. The Hall–Kier alpha value is -6.81. The summed E-state index contributed by atoms with van der Waals surface area (Å²) in [6, 6.07) is 11.0. The zero-order valence-corrected chi connectivity index (χ0v) is 54.4. The number of hydrogen-bond donors (Lipinski definition) is 1. The number of fused-ring (bicyclic) bond motifs is 4. The van der Waals surface area contributed by atoms with Crippen LogP contribution in [0.25, 0.3) is 66.9 Å². The molecule has 0 radical (unpaired) electrons. The lowest BCUT2D eigenvalue weighted by atomic mass is 10.1. The Morgan fingerprint density at radius 3 is 1.60 bits per heavy atom. The second-order valence-electron chi connectivity index (χ2n) is 26.0. The number of hydrogen-bond acceptors (Lipinski definition) is 14. The number of carbonyl (C=O) groups is 4. The van der Waals surface area contributed by atoms with Gasteiger partial charge in [0.25, 0.3) is 0 Å². The van der Waals surface area contributed by atoms with E-state index in [-0.39, 0.29) is 42.2 Å². The van der Waals surface area contributed by atoms with E-state index < -0.39 is 21.7 Å². The molecule has 2 amide bonds. The Kier molecular flexibility index (Phi) is 20.3. The van der Waals surface area contributed by atoms with E-state index in [1.54, 1.807) is 55.9 Å². The number of aldehydes is 2. The van der Waals surface area contributed by atoms with Crippen molar-refractivity contribution in [3.05, 3.63) is 83.9 Å². The van der Waals surface area contributed by atoms with Gasteiger partial charge >= 0.3 is 12.2 Å². The summed E-state index contributed by atoms with van der Waals surface area (Å²) in [5.41, 5.74) is 5.33. The van der Waals surface area contributed by atoms with Gasteiger partial charge in [0.2, 0.25) is 0 Å². The predicted molar refractivity (Wildman–Crippen MR) is 334 cm³/mol. The average Bonchev–Trinajstić information content (AvgIpc) is 4.10. The number of rotatable bonds is 15. The summed E-state index contributed by atoms with van der Waals surface area (Å²) in [5, 5.41) is 13.4. The standard InChI is InChI=1S/C30H39FN6O4Si.C20H22FN5O2Si.C10H18BrNO2/c1-30(2,3)41-29(39)35-11-9-22(10-12-35)37-25-15-21(31)7-8-23(25)27(34-37)24-16-32-28-26(33-24)20(18-38)17-36(28)19-40-13-14-42(4,5)6;1-29(2,3)7-6-28-12-26-10-13(11-27)18-20(26)22-9-17(23-18)19-15-5-4-14(21)8-16(15)24-25-19;1-10(2,3)14-9(13)12-6-4-8(11)5-7-12/h7-8,15-18,22H,9-14,19H2,1-6H3;4-5,8-11H,6-7,12H2,1-3H3,(H,24,25);8H,4-7H2,1-3H3. The highest BCUT2D eigenvalue weighted by Crippen LogP contribution is 2.35. The maximum Gasteiger partial charge on any atom is 0.410 e. The van der Waals surface area contributed by atoms with Crippen LogP contribution in [0.15, 0.2) is 61.2 Å². The van der Waals surface area contributed by atoms with Crippen LogP contribution < -0.4 is 0 Å². The van der Waals surface area contributed by atoms with Gasteiger partial charge in [0.15, 0.2) is 23.9 Å². The normalized spacial score (nSPS) is 14.8. The van der Waals surface area contributed by atoms with E-state index in [2.05, 4.69) is 80.4 Å². The molecule has 1 N–H and O–H groups in total. The van der Waals surface area contributed by atoms with Crippen LogP contribution in [0.3, 0.4) is 0 Å². The van der Waals surface area contributed by atoms with Crippen molar-refractivity contribution >= 4 is 101 Å². The van der Waals surface area contributed by atoms with Crippen molar-refractivity contribution in [3.8, 4) is 22.8 Å². The first-order valence-electron chi connectivity index (χ1n) is 28.8. The molecular weight excluding hydrogens is 1190 g/mol. The summed E-state index contributed by atoms with van der Waals surface area (Å²) in [6.45, 7) is 29.5. The van der Waals surface area contributed by atoms with Gasteiger partial charge in [-0.25, -0.2) is 38.3 Å². The number of H-pyrrole nitrogens is 1. The molecule has 8 aromatic rings. The molecule has 0 spiro atoms. The molecule has 2 saturated heterocycles. The van der Waals surface area contributed by atoms with E-state index in [0.717, 1.165) is 61.4 Å². The quantitative estimate of drug-likeness (QED) is 0.0437. The maximum absolute atomic E-state index is 14.4. The van der Waals surface area contributed by atoms with Gasteiger partial charge in [-0.2, -0.15) is 10.2 Å². The van der Waals surface area contributed by atoms with Crippen molar-refractivity contribution < 1.29 is 46.9 Å². The number of aromatic amines is 1. The summed E-state index contributed by atoms with van der Waals surface area (Å²) in [4.78, 5) is 70.3. The second-order valence-corrected chi connectivity index (χ2v) is 38.5. The lowest BCUT2D eigenvalue weighted by Gasteiger charge is -2.33. The van der Waals surface area contributed by atoms with E-state index >= 15 is 0 Å². The molecule has 0 unspecified atom stereocenters. The van der Waals surface area contributed by atoms with Crippen molar-refractivity contribution in [2.24, 2.45) is 0 Å². The largest absolute Gasteiger partial charge is 0.444 e. The lowest BCUT2D eigenvalue weighted by molar-refractivity contribution is 0.0183. The molecule has 0 aliphatic carbocycles. The minimum atomic E-state index is -1.22. The van der Waals surface area contributed by atoms with Gasteiger partial charge in [0.05, 0.1) is 40.6 Å². The molecule has 85 heavy (non-hydrogen) atoms. The number of aromatic nitrogens is 10. The van der Waals surface area contributed by atoms with Crippen molar-refractivity contribution in [2.45, 2.75) is 154 Å². The van der Waals surface area contributed by atoms with E-state index in [1.165, 1.54) is 24.3 Å². The molecule has 2 fully saturated rings. The van der Waals surface area contributed by atoms with E-state index in [9.17, 15) is 28.0 Å². The number of amides is 2. The Labute approximate surface area is 504 Å². The van der Waals surface area contributed by atoms with Gasteiger partial charge in [0.1, 0.15) is 70.1 Å². The van der Waals surface area contributed by atoms with Crippen LogP contribution in [0.4, 0.5) is 18.4 Å². The Bertz CT molecular complexity index is 3660. The van der Waals surface area contributed by atoms with Crippen LogP contribution in [0.2, 0.25) is 51.4 Å². The average molecular weight is 1270 g/mol. The number of likely N-dealkylation sites (tertiary alicyclic amines) is 2. The number of ether oxygens (including phenoxy) is 4. The number of alkyl halides is 1. The Morgan fingerprint density at radius 2 is 1.13 bits per heavy atom. The number of benzene rings is 2. The van der Waals surface area contributed by atoms with Crippen LogP contribution in [0, 0.1) is 11.6 Å². The van der Waals surface area contributed by atoms with Crippen LogP contribution in [0.1, 0.15) is 94.0 Å². The summed E-state index contributed by atoms with van der Waals surface area (Å²) in [5.74, 6) is -0.707. The third kappa shape index (κ3) is 17.0. The van der Waals surface area contributed by atoms with Gasteiger partial charge in [0, 0.05) is 83.5 Å². The van der Waals surface area contributed by atoms with Crippen LogP contribution in [-0.4, -0.2) is 155 Å². The zero-order chi connectivity index (χ0) is 61.6. The lowest BCUT2D eigenvalue weighted by Crippen LogP contribution is -2.42. The number of nitrogens with one attached hydrogen (secondary N) is 1. The number of nitrogens with zero attached hydrogens (tertiary/aromatic N) is 11. The summed E-state index contributed by atoms with van der Waals surface area (Å²) < 4.78 is 55.8. The highest BCUT2D eigenvalue weighted by molar-refractivity contribution is 9.09.